The molecule has 8 fully saturated rings. The molecule has 0 amide bonds. The molecule has 0 aliphatic heterocycles. The fourth-order valence-corrected chi connectivity index (χ4v) is 16.9. The predicted octanol–water partition coefficient (Wildman–Crippen LogP) is 19.0. The van der Waals surface area contributed by atoms with Gasteiger partial charge in [-0.05, 0) is 227 Å². The number of nitrogens with zero attached hydrogens (tertiary/aromatic N) is 1. The first-order valence-electron chi connectivity index (χ1n) is 32.0. The largest absolute Gasteiger partial charge is 0.381 e. The first-order chi connectivity index (χ1) is 34.0. The number of hydrogen-bond acceptors (Lipinski definition) is 3. The van der Waals surface area contributed by atoms with Crippen molar-refractivity contribution in [1.29, 1.82) is 0 Å². The van der Waals surface area contributed by atoms with Crippen LogP contribution in [-0.2, 0) is 9.47 Å². The molecule has 4 unspecified atom stereocenters. The van der Waals surface area contributed by atoms with Gasteiger partial charge in [0.1, 0.15) is 0 Å². The Hall–Kier alpha value is -0.900. The van der Waals surface area contributed by atoms with E-state index in [1.165, 1.54) is 244 Å². The summed E-state index contributed by atoms with van der Waals surface area (Å²) < 4.78 is 13.2. The third kappa shape index (κ3) is 17.1. The average molecular weight is 953 g/mol. The molecule has 3 heteroatoms. The molecule has 0 bridgehead atoms. The molecule has 0 aromatic heterocycles. The van der Waals surface area contributed by atoms with Crippen LogP contribution in [0.25, 0.3) is 0 Å². The summed E-state index contributed by atoms with van der Waals surface area (Å²) >= 11 is 0. The Balaban J connectivity index is 0.778. The summed E-state index contributed by atoms with van der Waals surface area (Å²) in [5.74, 6) is 9.25. The van der Waals surface area contributed by atoms with Gasteiger partial charge in [0.15, 0.2) is 0 Å². The Bertz CT molecular complexity index is 1430. The summed E-state index contributed by atoms with van der Waals surface area (Å²) in [5, 5.41) is 0. The van der Waals surface area contributed by atoms with Crippen LogP contribution in [0.3, 0.4) is 0 Å². The molecule has 0 spiro atoms. The van der Waals surface area contributed by atoms with E-state index in [1.54, 1.807) is 0 Å². The van der Waals surface area contributed by atoms with Gasteiger partial charge in [0, 0.05) is 43.7 Å². The molecule has 8 aliphatic rings. The molecule has 0 heterocycles. The number of hydrogen-bond donors (Lipinski definition) is 0. The summed E-state index contributed by atoms with van der Waals surface area (Å²) in [7, 11) is 1.98. The lowest BCUT2D eigenvalue weighted by Gasteiger charge is -2.50. The van der Waals surface area contributed by atoms with E-state index in [0.29, 0.717) is 24.0 Å². The fraction of sp³-hybridized carbons (Fsp3) is 0.909. The van der Waals surface area contributed by atoms with Gasteiger partial charge < -0.3 is 9.47 Å². The summed E-state index contributed by atoms with van der Waals surface area (Å²) in [6.07, 6.45) is 73.7. The Morgan fingerprint density at radius 2 is 0.739 bits per heavy atom. The number of unbranched alkanes of at least 4 members (excludes halogenated alkanes) is 7. The quantitative estimate of drug-likeness (QED) is 0.0797. The second-order valence-electron chi connectivity index (χ2n) is 26.3. The van der Waals surface area contributed by atoms with E-state index in [-0.39, 0.29) is 0 Å². The van der Waals surface area contributed by atoms with Crippen LogP contribution in [0.15, 0.2) is 36.5 Å². The van der Waals surface area contributed by atoms with E-state index in [9.17, 15) is 0 Å². The van der Waals surface area contributed by atoms with Gasteiger partial charge >= 0.3 is 0 Å². The maximum absolute atomic E-state index is 6.88. The molecule has 3 nitrogen and oxygen atoms in total. The number of ether oxygens (including phenoxy) is 2. The molecule has 0 saturated heterocycles. The van der Waals surface area contributed by atoms with Crippen molar-refractivity contribution in [3.63, 3.8) is 0 Å². The summed E-state index contributed by atoms with van der Waals surface area (Å²) in [4.78, 5) is 3.27. The highest BCUT2D eigenvalue weighted by atomic mass is 16.5. The van der Waals surface area contributed by atoms with Gasteiger partial charge in [-0.25, -0.2) is 0 Å². The Morgan fingerprint density at radius 3 is 1.19 bits per heavy atom. The van der Waals surface area contributed by atoms with Crippen molar-refractivity contribution in [1.82, 2.24) is 4.90 Å². The molecular weight excluding hydrogens is 839 g/mol. The van der Waals surface area contributed by atoms with Crippen LogP contribution in [0.1, 0.15) is 271 Å². The lowest BCUT2D eigenvalue weighted by atomic mass is 9.68. The first kappa shape index (κ1) is 54.4. The summed E-state index contributed by atoms with van der Waals surface area (Å²) in [6, 6.07) is 2.62. The molecule has 0 radical (unpaired) electrons. The van der Waals surface area contributed by atoms with Crippen LogP contribution in [0.4, 0.5) is 0 Å². The average Bonchev–Trinajstić information content (AvgIpc) is 3.40. The van der Waals surface area contributed by atoms with E-state index in [1.807, 2.05) is 7.11 Å². The van der Waals surface area contributed by atoms with E-state index in [2.05, 4.69) is 55.2 Å². The number of allylic oxidation sites excluding steroid dienone is 4. The zero-order valence-corrected chi connectivity index (χ0v) is 46.0. The van der Waals surface area contributed by atoms with Crippen molar-refractivity contribution >= 4 is 0 Å². The highest BCUT2D eigenvalue weighted by Crippen LogP contribution is 2.47. The minimum atomic E-state index is 0.312. The van der Waals surface area contributed by atoms with Crippen LogP contribution in [0.2, 0.25) is 0 Å². The normalized spacial score (nSPS) is 38.4. The lowest BCUT2D eigenvalue weighted by molar-refractivity contribution is -0.0598. The van der Waals surface area contributed by atoms with Gasteiger partial charge in [0.05, 0.1) is 12.2 Å². The number of rotatable bonds is 22. The Kier molecular flexibility index (Phi) is 23.5. The van der Waals surface area contributed by atoms with Gasteiger partial charge in [-0.15, -0.1) is 0 Å². The van der Waals surface area contributed by atoms with E-state index in [0.717, 1.165) is 90.8 Å². The van der Waals surface area contributed by atoms with Gasteiger partial charge in [-0.3, -0.25) is 4.90 Å². The van der Waals surface area contributed by atoms with Gasteiger partial charge in [0.2, 0.25) is 0 Å². The third-order valence-electron chi connectivity index (χ3n) is 21.5. The van der Waals surface area contributed by atoms with Crippen molar-refractivity contribution in [3.05, 3.63) is 36.5 Å². The molecule has 0 aromatic rings. The minimum Gasteiger partial charge on any atom is -0.381 e. The second-order valence-corrected chi connectivity index (χ2v) is 26.3. The van der Waals surface area contributed by atoms with Crippen LogP contribution >= 0.6 is 0 Å². The molecular formula is C66H113NO2. The molecule has 4 atom stereocenters. The molecule has 69 heavy (non-hydrogen) atoms. The molecule has 0 N–H and O–H groups in total. The van der Waals surface area contributed by atoms with Crippen molar-refractivity contribution in [2.75, 3.05) is 13.7 Å². The Morgan fingerprint density at radius 1 is 0.377 bits per heavy atom. The van der Waals surface area contributed by atoms with Crippen LogP contribution in [0.5, 0.6) is 0 Å². The highest BCUT2D eigenvalue weighted by Gasteiger charge is 2.41. The molecule has 394 valence electrons. The predicted molar refractivity (Wildman–Crippen MR) is 296 cm³/mol. The van der Waals surface area contributed by atoms with E-state index in [4.69, 9.17) is 9.47 Å². The van der Waals surface area contributed by atoms with E-state index < -0.39 is 0 Å². The second kappa shape index (κ2) is 29.9. The standard InChI is InChI=1S/C66H113NO2/c1-4-5-6-7-8-9-10-17-48-69-66-50-60(65(68-3)49-61(66)37-30-53-20-15-12-16-21-53)36-31-55-28-34-57(35-29-55)59-40-46-64(47-41-59)67(62-42-22-51(2)23-43-62)63-44-38-58(39-45-63)56-32-26-54(27-33-56)25-24-52-18-13-11-14-19-52/h24-25,30-31,36-37,51-66H,4-23,26-29,32-35,38-50H2,1-3H3. The smallest absolute Gasteiger partial charge is 0.0645 e. The highest BCUT2D eigenvalue weighted by molar-refractivity contribution is 5.07. The maximum Gasteiger partial charge on any atom is 0.0645 e. The van der Waals surface area contributed by atoms with Crippen LogP contribution in [-0.4, -0.2) is 49.0 Å². The molecule has 8 rings (SSSR count). The Labute approximate surface area is 428 Å². The van der Waals surface area contributed by atoms with Crippen LogP contribution < -0.4 is 0 Å². The molecule has 8 aliphatic carbocycles. The zero-order chi connectivity index (χ0) is 47.5. The van der Waals surface area contributed by atoms with E-state index >= 15 is 0 Å². The lowest BCUT2D eigenvalue weighted by Crippen LogP contribution is -2.53. The maximum atomic E-state index is 6.88. The molecule has 8 saturated carbocycles. The monoisotopic (exact) mass is 952 g/mol. The minimum absolute atomic E-state index is 0.312. The summed E-state index contributed by atoms with van der Waals surface area (Å²) in [5.41, 5.74) is 0. The van der Waals surface area contributed by atoms with Crippen LogP contribution in [0, 0.1) is 65.1 Å². The van der Waals surface area contributed by atoms with Crippen molar-refractivity contribution in [2.45, 2.75) is 301 Å². The fourth-order valence-electron chi connectivity index (χ4n) is 16.9. The first-order valence-corrected chi connectivity index (χ1v) is 32.0. The molecule has 0 aromatic carbocycles. The SMILES string of the molecule is CCCCCCCCCCOC1CC(C=CC2CCC(C3CCC(N(C4CCC(C)CC4)C4CCC(C5CCC(C=CC6CCCCC6)CC5)CC4)CC3)CC2)C(OC)CC1C=CC1CCCCC1. The zero-order valence-electron chi connectivity index (χ0n) is 46.0. The van der Waals surface area contributed by atoms with Gasteiger partial charge in [-0.2, -0.15) is 0 Å². The van der Waals surface area contributed by atoms with Crippen molar-refractivity contribution in [3.8, 4) is 0 Å². The van der Waals surface area contributed by atoms with Crippen molar-refractivity contribution in [2.24, 2.45) is 65.1 Å². The third-order valence-corrected chi connectivity index (χ3v) is 21.5. The van der Waals surface area contributed by atoms with Gasteiger partial charge in [0.25, 0.3) is 0 Å². The van der Waals surface area contributed by atoms with Gasteiger partial charge in [-0.1, -0.05) is 134 Å². The summed E-state index contributed by atoms with van der Waals surface area (Å²) in [6.45, 7) is 5.79. The topological polar surface area (TPSA) is 21.7 Å². The number of methoxy groups -OCH3 is 1. The van der Waals surface area contributed by atoms with Crippen molar-refractivity contribution < 1.29 is 9.47 Å².